The first-order valence-corrected chi connectivity index (χ1v) is 9.07. The predicted octanol–water partition coefficient (Wildman–Crippen LogP) is 3.39. The summed E-state index contributed by atoms with van der Waals surface area (Å²) in [6.45, 7) is 4.21. The van der Waals surface area contributed by atoms with E-state index in [0.29, 0.717) is 11.0 Å². The minimum absolute atomic E-state index is 0.0140. The van der Waals surface area contributed by atoms with Gasteiger partial charge in [0.25, 0.3) is 5.56 Å². The zero-order valence-corrected chi connectivity index (χ0v) is 14.5. The third-order valence-corrected chi connectivity index (χ3v) is 5.40. The van der Waals surface area contributed by atoms with Gasteiger partial charge in [0, 0.05) is 17.4 Å². The Morgan fingerprint density at radius 3 is 2.86 bits per heavy atom. The molecule has 22 heavy (non-hydrogen) atoms. The molecule has 4 nitrogen and oxygen atoms in total. The van der Waals surface area contributed by atoms with Gasteiger partial charge in [-0.2, -0.15) is 0 Å². The molecular formula is C16H18N2O2S2. The van der Waals surface area contributed by atoms with Gasteiger partial charge >= 0.3 is 0 Å². The number of aryl methyl sites for hydroxylation is 1. The Morgan fingerprint density at radius 1 is 1.36 bits per heavy atom. The minimum atomic E-state index is 0.0140. The van der Waals surface area contributed by atoms with Crippen LogP contribution in [0.5, 0.6) is 5.75 Å². The second kappa shape index (κ2) is 6.38. The molecule has 0 unspecified atom stereocenters. The number of methoxy groups -OCH3 is 1. The van der Waals surface area contributed by atoms with Gasteiger partial charge in [0.1, 0.15) is 5.75 Å². The van der Waals surface area contributed by atoms with Crippen molar-refractivity contribution in [3.63, 3.8) is 0 Å². The number of para-hydroxylation sites is 2. The zero-order chi connectivity index (χ0) is 15.7. The van der Waals surface area contributed by atoms with Crippen molar-refractivity contribution in [2.24, 2.45) is 0 Å². The van der Waals surface area contributed by atoms with Crippen LogP contribution in [0.25, 0.3) is 5.69 Å². The first-order valence-electron chi connectivity index (χ1n) is 7.20. The van der Waals surface area contributed by atoms with Gasteiger partial charge in [-0.25, -0.2) is 4.98 Å². The van der Waals surface area contributed by atoms with Gasteiger partial charge in [-0.05, 0) is 12.1 Å². The lowest BCUT2D eigenvalue weighted by Crippen LogP contribution is -2.24. The molecule has 2 heterocycles. The van der Waals surface area contributed by atoms with Crippen molar-refractivity contribution < 1.29 is 4.74 Å². The molecule has 1 aliphatic heterocycles. The molecule has 6 heteroatoms. The maximum Gasteiger partial charge on any atom is 0.272 e. The van der Waals surface area contributed by atoms with Crippen LogP contribution in [0.2, 0.25) is 0 Å². The Bertz CT molecular complexity index is 756. The standard InChI is InChI=1S/C16H18N2O2S2/c1-10(2)22-16-17-11-8-9-21-14(11)15(19)18(16)12-6-4-5-7-13(12)20-3/h4-7,10H,8-9H2,1-3H3. The van der Waals surface area contributed by atoms with E-state index in [1.54, 1.807) is 35.2 Å². The number of rotatable bonds is 4. The van der Waals surface area contributed by atoms with Crippen LogP contribution < -0.4 is 10.3 Å². The van der Waals surface area contributed by atoms with Gasteiger partial charge in [0.05, 0.1) is 23.4 Å². The number of hydrogen-bond acceptors (Lipinski definition) is 5. The van der Waals surface area contributed by atoms with Gasteiger partial charge in [0.15, 0.2) is 5.16 Å². The summed E-state index contributed by atoms with van der Waals surface area (Å²) in [5, 5.41) is 1.09. The molecule has 0 fully saturated rings. The Hall–Kier alpha value is -1.40. The molecule has 1 aliphatic rings. The normalized spacial score (nSPS) is 13.5. The van der Waals surface area contributed by atoms with E-state index in [2.05, 4.69) is 13.8 Å². The van der Waals surface area contributed by atoms with Gasteiger partial charge < -0.3 is 4.74 Å². The molecule has 1 aromatic carbocycles. The van der Waals surface area contributed by atoms with Crippen LogP contribution in [0.3, 0.4) is 0 Å². The predicted molar refractivity (Wildman–Crippen MR) is 91.8 cm³/mol. The number of fused-ring (bicyclic) bond motifs is 1. The van der Waals surface area contributed by atoms with E-state index in [4.69, 9.17) is 9.72 Å². The van der Waals surface area contributed by atoms with Crippen LogP contribution in [0.15, 0.2) is 39.1 Å². The van der Waals surface area contributed by atoms with Crippen molar-refractivity contribution in [1.82, 2.24) is 9.55 Å². The van der Waals surface area contributed by atoms with Crippen molar-refractivity contribution in [2.45, 2.75) is 35.6 Å². The largest absolute Gasteiger partial charge is 0.495 e. The molecule has 0 spiro atoms. The van der Waals surface area contributed by atoms with Crippen LogP contribution in [0.1, 0.15) is 19.5 Å². The van der Waals surface area contributed by atoms with Gasteiger partial charge in [-0.15, -0.1) is 11.8 Å². The number of ether oxygens (including phenoxy) is 1. The number of hydrogen-bond donors (Lipinski definition) is 0. The van der Waals surface area contributed by atoms with E-state index >= 15 is 0 Å². The zero-order valence-electron chi connectivity index (χ0n) is 12.8. The average molecular weight is 334 g/mol. The van der Waals surface area contributed by atoms with Gasteiger partial charge in [0.2, 0.25) is 0 Å². The fraction of sp³-hybridized carbons (Fsp3) is 0.375. The lowest BCUT2D eigenvalue weighted by molar-refractivity contribution is 0.411. The molecule has 2 aromatic rings. The molecule has 3 rings (SSSR count). The molecule has 0 aliphatic carbocycles. The molecular weight excluding hydrogens is 316 g/mol. The lowest BCUT2D eigenvalue weighted by Gasteiger charge is -2.17. The highest BCUT2D eigenvalue weighted by molar-refractivity contribution is 8.00. The highest BCUT2D eigenvalue weighted by Gasteiger charge is 2.24. The third-order valence-electron chi connectivity index (χ3n) is 3.33. The summed E-state index contributed by atoms with van der Waals surface area (Å²) in [6, 6.07) is 7.58. The molecule has 116 valence electrons. The summed E-state index contributed by atoms with van der Waals surface area (Å²) < 4.78 is 7.13. The number of thioether (sulfide) groups is 2. The van der Waals surface area contributed by atoms with Gasteiger partial charge in [-0.1, -0.05) is 37.7 Å². The average Bonchev–Trinajstić information content (AvgIpc) is 2.96. The van der Waals surface area contributed by atoms with Crippen LogP contribution >= 0.6 is 23.5 Å². The Labute approximate surface area is 138 Å². The number of benzene rings is 1. The number of nitrogens with zero attached hydrogens (tertiary/aromatic N) is 2. The smallest absolute Gasteiger partial charge is 0.272 e. The quantitative estimate of drug-likeness (QED) is 0.633. The van der Waals surface area contributed by atoms with Crippen molar-refractivity contribution in [3.8, 4) is 11.4 Å². The summed E-state index contributed by atoms with van der Waals surface area (Å²) in [6.07, 6.45) is 0.869. The third kappa shape index (κ3) is 2.77. The van der Waals surface area contributed by atoms with E-state index in [1.165, 1.54) is 0 Å². The van der Waals surface area contributed by atoms with Gasteiger partial charge in [-0.3, -0.25) is 9.36 Å². The summed E-state index contributed by atoms with van der Waals surface area (Å²) in [4.78, 5) is 18.5. The molecule has 0 amide bonds. The first-order chi connectivity index (χ1) is 10.6. The summed E-state index contributed by atoms with van der Waals surface area (Å²) in [5.74, 6) is 1.61. The molecule has 1 aromatic heterocycles. The molecule has 0 bridgehead atoms. The van der Waals surface area contributed by atoms with Crippen molar-refractivity contribution >= 4 is 23.5 Å². The Morgan fingerprint density at radius 2 is 2.14 bits per heavy atom. The monoisotopic (exact) mass is 334 g/mol. The SMILES string of the molecule is COc1ccccc1-n1c(SC(C)C)nc2c(c1=O)SCC2. The van der Waals surface area contributed by atoms with E-state index in [0.717, 1.165) is 33.6 Å². The van der Waals surface area contributed by atoms with Crippen LogP contribution in [0.4, 0.5) is 0 Å². The summed E-state index contributed by atoms with van der Waals surface area (Å²) in [5.41, 5.74) is 1.70. The topological polar surface area (TPSA) is 44.1 Å². The van der Waals surface area contributed by atoms with Crippen LogP contribution in [0, 0.1) is 0 Å². The maximum atomic E-state index is 13.0. The minimum Gasteiger partial charge on any atom is -0.495 e. The van der Waals surface area contributed by atoms with E-state index in [1.807, 2.05) is 24.3 Å². The Balaban J connectivity index is 2.27. The van der Waals surface area contributed by atoms with Crippen molar-refractivity contribution in [3.05, 3.63) is 40.3 Å². The van der Waals surface area contributed by atoms with E-state index in [-0.39, 0.29) is 5.56 Å². The fourth-order valence-electron chi connectivity index (χ4n) is 2.41. The molecule has 0 saturated heterocycles. The molecule has 0 radical (unpaired) electrons. The van der Waals surface area contributed by atoms with E-state index < -0.39 is 0 Å². The van der Waals surface area contributed by atoms with Crippen molar-refractivity contribution in [2.75, 3.05) is 12.9 Å². The second-order valence-corrected chi connectivity index (χ2v) is 7.90. The highest BCUT2D eigenvalue weighted by Crippen LogP contribution is 2.32. The summed E-state index contributed by atoms with van der Waals surface area (Å²) in [7, 11) is 1.62. The molecule has 0 atom stereocenters. The number of aromatic nitrogens is 2. The fourth-order valence-corrected chi connectivity index (χ4v) is 4.31. The second-order valence-electron chi connectivity index (χ2n) is 5.25. The first kappa shape index (κ1) is 15.5. The highest BCUT2D eigenvalue weighted by atomic mass is 32.2. The van der Waals surface area contributed by atoms with Crippen LogP contribution in [-0.4, -0.2) is 27.7 Å². The molecule has 0 N–H and O–H groups in total. The molecule has 0 saturated carbocycles. The van der Waals surface area contributed by atoms with E-state index in [9.17, 15) is 4.79 Å². The Kier molecular flexibility index (Phi) is 4.49. The lowest BCUT2D eigenvalue weighted by atomic mass is 10.2. The van der Waals surface area contributed by atoms with Crippen molar-refractivity contribution in [1.29, 1.82) is 0 Å². The summed E-state index contributed by atoms with van der Waals surface area (Å²) >= 11 is 3.20. The van der Waals surface area contributed by atoms with Crippen LogP contribution in [-0.2, 0) is 6.42 Å². The maximum absolute atomic E-state index is 13.0.